The van der Waals surface area contributed by atoms with Gasteiger partial charge in [0.2, 0.25) is 0 Å². The molecule has 0 bridgehead atoms. The van der Waals surface area contributed by atoms with Crippen LogP contribution in [0.4, 0.5) is 0 Å². The number of sulfone groups is 1. The van der Waals surface area contributed by atoms with Gasteiger partial charge in [-0.15, -0.1) is 11.3 Å². The van der Waals surface area contributed by atoms with E-state index in [1.807, 2.05) is 18.4 Å². The van der Waals surface area contributed by atoms with Crippen LogP contribution in [0.3, 0.4) is 0 Å². The number of hydrogen-bond acceptors (Lipinski definition) is 4. The van der Waals surface area contributed by atoms with E-state index in [4.69, 9.17) is 0 Å². The Balaban J connectivity index is 2.44. The summed E-state index contributed by atoms with van der Waals surface area (Å²) in [5.41, 5.74) is 1.61. The van der Waals surface area contributed by atoms with Crippen LogP contribution in [0.25, 0.3) is 0 Å². The molecule has 0 fully saturated rings. The average molecular weight is 282 g/mol. The SMILES string of the molecule is Cc1ccsc1C(O)c1cccc(S(C)(=O)=O)c1. The van der Waals surface area contributed by atoms with Crippen molar-refractivity contribution < 1.29 is 13.5 Å². The fourth-order valence-electron chi connectivity index (χ4n) is 1.73. The summed E-state index contributed by atoms with van der Waals surface area (Å²) in [4.78, 5) is 1.08. The molecule has 0 amide bonds. The molecule has 0 radical (unpaired) electrons. The summed E-state index contributed by atoms with van der Waals surface area (Å²) in [7, 11) is -3.25. The van der Waals surface area contributed by atoms with E-state index >= 15 is 0 Å². The van der Waals surface area contributed by atoms with Crippen molar-refractivity contribution in [2.75, 3.05) is 6.26 Å². The Morgan fingerprint density at radius 1 is 1.28 bits per heavy atom. The standard InChI is InChI=1S/C13H14O3S2/c1-9-6-7-17-13(9)12(14)10-4-3-5-11(8-10)18(2,15)16/h3-8,12,14H,1-2H3. The Bertz CT molecular complexity index is 656. The normalized spacial score (nSPS) is 13.5. The molecular weight excluding hydrogens is 268 g/mol. The van der Waals surface area contributed by atoms with E-state index in [-0.39, 0.29) is 4.90 Å². The van der Waals surface area contributed by atoms with E-state index in [1.165, 1.54) is 23.5 Å². The second-order valence-electron chi connectivity index (χ2n) is 4.22. The minimum atomic E-state index is -3.25. The lowest BCUT2D eigenvalue weighted by atomic mass is 10.1. The molecule has 0 saturated heterocycles. The first kappa shape index (κ1) is 13.3. The third-order valence-electron chi connectivity index (χ3n) is 2.75. The zero-order valence-corrected chi connectivity index (χ0v) is 11.8. The van der Waals surface area contributed by atoms with Gasteiger partial charge in [-0.3, -0.25) is 0 Å². The maximum absolute atomic E-state index is 11.5. The Kier molecular flexibility index (Phi) is 3.56. The molecule has 1 unspecified atom stereocenters. The minimum Gasteiger partial charge on any atom is -0.383 e. The Hall–Kier alpha value is -1.17. The first-order chi connectivity index (χ1) is 8.39. The molecule has 5 heteroatoms. The van der Waals surface area contributed by atoms with Crippen LogP contribution in [0.2, 0.25) is 0 Å². The predicted octanol–water partition coefficient (Wildman–Crippen LogP) is 2.54. The van der Waals surface area contributed by atoms with Crippen molar-refractivity contribution in [3.63, 3.8) is 0 Å². The molecule has 1 aromatic heterocycles. The van der Waals surface area contributed by atoms with E-state index in [0.29, 0.717) is 5.56 Å². The highest BCUT2D eigenvalue weighted by molar-refractivity contribution is 7.90. The number of aliphatic hydroxyl groups excluding tert-OH is 1. The van der Waals surface area contributed by atoms with Gasteiger partial charge < -0.3 is 5.11 Å². The topological polar surface area (TPSA) is 54.4 Å². The first-order valence-corrected chi connectivity index (χ1v) is 8.19. The highest BCUT2D eigenvalue weighted by atomic mass is 32.2. The van der Waals surface area contributed by atoms with Gasteiger partial charge in [-0.2, -0.15) is 0 Å². The van der Waals surface area contributed by atoms with Gasteiger partial charge in [-0.1, -0.05) is 12.1 Å². The van der Waals surface area contributed by atoms with Crippen LogP contribution in [-0.4, -0.2) is 19.8 Å². The number of aryl methyl sites for hydroxylation is 1. The largest absolute Gasteiger partial charge is 0.383 e. The van der Waals surface area contributed by atoms with Gasteiger partial charge in [0.25, 0.3) is 0 Å². The van der Waals surface area contributed by atoms with E-state index in [1.54, 1.807) is 12.1 Å². The lowest BCUT2D eigenvalue weighted by Gasteiger charge is -2.11. The lowest BCUT2D eigenvalue weighted by molar-refractivity contribution is 0.223. The van der Waals surface area contributed by atoms with Gasteiger partial charge in [0, 0.05) is 11.1 Å². The molecule has 0 saturated carbocycles. The second-order valence-corrected chi connectivity index (χ2v) is 7.18. The van der Waals surface area contributed by atoms with Crippen molar-refractivity contribution in [3.05, 3.63) is 51.7 Å². The smallest absolute Gasteiger partial charge is 0.175 e. The fraction of sp³-hybridized carbons (Fsp3) is 0.231. The van der Waals surface area contributed by atoms with Crippen molar-refractivity contribution in [3.8, 4) is 0 Å². The van der Waals surface area contributed by atoms with E-state index in [2.05, 4.69) is 0 Å². The van der Waals surface area contributed by atoms with Gasteiger partial charge >= 0.3 is 0 Å². The molecular formula is C13H14O3S2. The fourth-order valence-corrected chi connectivity index (χ4v) is 3.34. The third-order valence-corrected chi connectivity index (χ3v) is 4.93. The second kappa shape index (κ2) is 4.84. The quantitative estimate of drug-likeness (QED) is 0.941. The van der Waals surface area contributed by atoms with Crippen molar-refractivity contribution in [1.82, 2.24) is 0 Å². The van der Waals surface area contributed by atoms with Gasteiger partial charge in [0.05, 0.1) is 4.90 Å². The van der Waals surface area contributed by atoms with Crippen LogP contribution >= 0.6 is 11.3 Å². The molecule has 0 aliphatic heterocycles. The van der Waals surface area contributed by atoms with Gasteiger partial charge in [0.1, 0.15) is 6.10 Å². The van der Waals surface area contributed by atoms with Crippen molar-refractivity contribution in [2.24, 2.45) is 0 Å². The Morgan fingerprint density at radius 2 is 2.00 bits per heavy atom. The summed E-state index contributed by atoms with van der Waals surface area (Å²) in [6.07, 6.45) is 0.390. The monoisotopic (exact) mass is 282 g/mol. The minimum absolute atomic E-state index is 0.230. The summed E-state index contributed by atoms with van der Waals surface area (Å²) in [6.45, 7) is 1.93. The molecule has 96 valence electrons. The number of rotatable bonds is 3. The third kappa shape index (κ3) is 2.63. The first-order valence-electron chi connectivity index (χ1n) is 5.41. The van der Waals surface area contributed by atoms with E-state index < -0.39 is 15.9 Å². The molecule has 3 nitrogen and oxygen atoms in total. The highest BCUT2D eigenvalue weighted by Crippen LogP contribution is 2.30. The van der Waals surface area contributed by atoms with Crippen LogP contribution in [0.1, 0.15) is 22.1 Å². The maximum atomic E-state index is 11.5. The van der Waals surface area contributed by atoms with Gasteiger partial charge in [-0.05, 0) is 41.6 Å². The van der Waals surface area contributed by atoms with Crippen molar-refractivity contribution in [2.45, 2.75) is 17.9 Å². The Morgan fingerprint density at radius 3 is 2.56 bits per heavy atom. The highest BCUT2D eigenvalue weighted by Gasteiger charge is 2.16. The van der Waals surface area contributed by atoms with E-state index in [0.717, 1.165) is 16.7 Å². The summed E-state index contributed by atoms with van der Waals surface area (Å²) in [5.74, 6) is 0. The summed E-state index contributed by atoms with van der Waals surface area (Å²) in [5, 5.41) is 12.2. The molecule has 1 atom stereocenters. The molecule has 1 aromatic carbocycles. The Labute approximate surface area is 111 Å². The molecule has 0 aliphatic carbocycles. The summed E-state index contributed by atoms with van der Waals surface area (Å²) >= 11 is 1.47. The van der Waals surface area contributed by atoms with Gasteiger partial charge in [0.15, 0.2) is 9.84 Å². The molecule has 1 heterocycles. The van der Waals surface area contributed by atoms with Crippen LogP contribution in [0, 0.1) is 6.92 Å². The molecule has 0 aliphatic rings. The number of aliphatic hydroxyl groups is 1. The average Bonchev–Trinajstić information content (AvgIpc) is 2.73. The van der Waals surface area contributed by atoms with Crippen LogP contribution in [0.5, 0.6) is 0 Å². The molecule has 1 N–H and O–H groups in total. The molecule has 18 heavy (non-hydrogen) atoms. The molecule has 0 spiro atoms. The zero-order valence-electron chi connectivity index (χ0n) is 10.1. The van der Waals surface area contributed by atoms with Crippen LogP contribution in [-0.2, 0) is 9.84 Å². The summed E-state index contributed by atoms with van der Waals surface area (Å²) in [6, 6.07) is 8.38. The van der Waals surface area contributed by atoms with Gasteiger partial charge in [-0.25, -0.2) is 8.42 Å². The maximum Gasteiger partial charge on any atom is 0.175 e. The van der Waals surface area contributed by atoms with Crippen molar-refractivity contribution in [1.29, 1.82) is 0 Å². The van der Waals surface area contributed by atoms with E-state index in [9.17, 15) is 13.5 Å². The van der Waals surface area contributed by atoms with Crippen LogP contribution in [0.15, 0.2) is 40.6 Å². The lowest BCUT2D eigenvalue weighted by Crippen LogP contribution is -2.02. The molecule has 2 rings (SSSR count). The summed E-state index contributed by atoms with van der Waals surface area (Å²) < 4.78 is 23.0. The molecule has 2 aromatic rings. The van der Waals surface area contributed by atoms with Crippen LogP contribution < -0.4 is 0 Å². The number of benzene rings is 1. The predicted molar refractivity (Wildman–Crippen MR) is 72.7 cm³/mol. The number of hydrogen-bond donors (Lipinski definition) is 1. The zero-order chi connectivity index (χ0) is 13.3. The number of thiophene rings is 1. The van der Waals surface area contributed by atoms with Crippen molar-refractivity contribution >= 4 is 21.2 Å².